The quantitative estimate of drug-likeness (QED) is 0.457. The van der Waals surface area contributed by atoms with Gasteiger partial charge in [-0.25, -0.2) is 0 Å². The first-order valence-electron chi connectivity index (χ1n) is 2.30. The van der Waals surface area contributed by atoms with Crippen LogP contribution in [0, 0.1) is 0 Å². The summed E-state index contributed by atoms with van der Waals surface area (Å²) >= 11 is 5.36. The van der Waals surface area contributed by atoms with Crippen LogP contribution in [-0.4, -0.2) is 10.3 Å². The summed E-state index contributed by atoms with van der Waals surface area (Å²) in [5.41, 5.74) is 0. The normalized spacial score (nSPS) is 14.3. The van der Waals surface area contributed by atoms with E-state index < -0.39 is 10.3 Å². The second kappa shape index (κ2) is 4.13. The molecule has 0 nitrogen and oxygen atoms in total. The summed E-state index contributed by atoms with van der Waals surface area (Å²) < 4.78 is 2.92. The number of halogens is 2. The van der Waals surface area contributed by atoms with Crippen molar-refractivity contribution in [3.05, 3.63) is 0 Å². The van der Waals surface area contributed by atoms with Crippen LogP contribution in [0.1, 0.15) is 13.8 Å². The Morgan fingerprint density at radius 2 is 1.43 bits per heavy atom. The molecule has 0 N–H and O–H groups in total. The summed E-state index contributed by atoms with van der Waals surface area (Å²) in [6.07, 6.45) is 0. The van der Waals surface area contributed by atoms with Crippen LogP contribution in [0.15, 0.2) is 0 Å². The van der Waals surface area contributed by atoms with Crippen molar-refractivity contribution < 1.29 is 0 Å². The van der Waals surface area contributed by atoms with E-state index in [1.165, 1.54) is 8.94 Å². The van der Waals surface area contributed by atoms with Crippen molar-refractivity contribution in [3.63, 3.8) is 0 Å². The molecule has 0 aromatic rings. The molecule has 0 bridgehead atoms. The number of hydrogen-bond donors (Lipinski definition) is 0. The van der Waals surface area contributed by atoms with Gasteiger partial charge in [-0.2, -0.15) is 0 Å². The third-order valence-electron chi connectivity index (χ3n) is 0.845. The van der Waals surface area contributed by atoms with Gasteiger partial charge in [0.2, 0.25) is 0 Å². The van der Waals surface area contributed by atoms with Crippen LogP contribution in [0.3, 0.4) is 0 Å². The first-order chi connectivity index (χ1) is 3.12. The SMILES string of the molecule is CC[Te](I)(I)CC. The summed E-state index contributed by atoms with van der Waals surface area (Å²) in [6.45, 7) is 4.62. The molecule has 0 saturated carbocycles. The molecular formula is C4H10I2Te. The van der Waals surface area contributed by atoms with E-state index in [9.17, 15) is 0 Å². The zero-order valence-corrected chi connectivity index (χ0v) is 11.2. The summed E-state index contributed by atoms with van der Waals surface area (Å²) in [4.78, 5) is 0. The van der Waals surface area contributed by atoms with E-state index in [0.717, 1.165) is 0 Å². The van der Waals surface area contributed by atoms with E-state index in [0.29, 0.717) is 0 Å². The fourth-order valence-corrected chi connectivity index (χ4v) is 1.37. The zero-order chi connectivity index (χ0) is 5.91. The minimum atomic E-state index is -1.17. The van der Waals surface area contributed by atoms with E-state index in [1.54, 1.807) is 0 Å². The fourth-order valence-electron chi connectivity index (χ4n) is 0.204. The van der Waals surface area contributed by atoms with Crippen LogP contribution in [0.5, 0.6) is 0 Å². The summed E-state index contributed by atoms with van der Waals surface area (Å²) in [5.74, 6) is 0. The van der Waals surface area contributed by atoms with Crippen LogP contribution < -0.4 is 0 Å². The monoisotopic (exact) mass is 442 g/mol. The van der Waals surface area contributed by atoms with Gasteiger partial charge in [0.25, 0.3) is 0 Å². The van der Waals surface area contributed by atoms with Gasteiger partial charge in [-0.3, -0.25) is 0 Å². The van der Waals surface area contributed by atoms with Crippen molar-refractivity contribution in [2.24, 2.45) is 0 Å². The van der Waals surface area contributed by atoms with Crippen molar-refractivity contribution in [1.29, 1.82) is 0 Å². The predicted octanol–water partition coefficient (Wildman–Crippen LogP) is 3.34. The van der Waals surface area contributed by atoms with Gasteiger partial charge in [0.15, 0.2) is 0 Å². The molecule has 3 heteroatoms. The Bertz CT molecular complexity index is 47.7. The molecule has 0 unspecified atom stereocenters. The van der Waals surface area contributed by atoms with Crippen LogP contribution >= 0.6 is 37.4 Å². The van der Waals surface area contributed by atoms with Gasteiger partial charge in [-0.15, -0.1) is 0 Å². The van der Waals surface area contributed by atoms with E-state index >= 15 is 0 Å². The van der Waals surface area contributed by atoms with Crippen molar-refractivity contribution in [3.8, 4) is 0 Å². The summed E-state index contributed by atoms with van der Waals surface area (Å²) in [7, 11) is -1.17. The summed E-state index contributed by atoms with van der Waals surface area (Å²) in [5, 5.41) is 0. The van der Waals surface area contributed by atoms with Crippen LogP contribution in [0.25, 0.3) is 0 Å². The molecule has 0 aromatic heterocycles. The molecule has 0 rings (SSSR count). The van der Waals surface area contributed by atoms with Crippen molar-refractivity contribution in [2.45, 2.75) is 22.8 Å². The van der Waals surface area contributed by atoms with Gasteiger partial charge < -0.3 is 0 Å². The van der Waals surface area contributed by atoms with Crippen molar-refractivity contribution in [2.75, 3.05) is 0 Å². The van der Waals surface area contributed by atoms with E-state index in [4.69, 9.17) is 0 Å². The fraction of sp³-hybridized carbons (Fsp3) is 1.00. The van der Waals surface area contributed by atoms with Gasteiger partial charge in [0.1, 0.15) is 0 Å². The first kappa shape index (κ1) is 9.25. The molecule has 0 radical (unpaired) electrons. The van der Waals surface area contributed by atoms with Gasteiger partial charge >= 0.3 is 70.5 Å². The Labute approximate surface area is 69.1 Å². The predicted molar refractivity (Wildman–Crippen MR) is 54.8 cm³/mol. The molecule has 0 aliphatic rings. The Morgan fingerprint density at radius 1 is 1.14 bits per heavy atom. The molecule has 0 aliphatic carbocycles. The van der Waals surface area contributed by atoms with Gasteiger partial charge in [0.05, 0.1) is 0 Å². The third kappa shape index (κ3) is 4.73. The summed E-state index contributed by atoms with van der Waals surface area (Å²) in [6, 6.07) is 0. The average molecular weight is 440 g/mol. The standard InChI is InChI=1S/C4H10I2Te/c1-3-7(5,6)4-2/h3-4H2,1-2H3. The van der Waals surface area contributed by atoms with E-state index in [1.807, 2.05) is 0 Å². The van der Waals surface area contributed by atoms with Gasteiger partial charge in [-0.1, -0.05) is 0 Å². The maximum absolute atomic E-state index is 2.68. The zero-order valence-electron chi connectivity index (χ0n) is 4.58. The maximum atomic E-state index is 2.68. The molecule has 46 valence electrons. The molecular weight excluding hydrogens is 429 g/mol. The molecule has 0 aromatic carbocycles. The van der Waals surface area contributed by atoms with Gasteiger partial charge in [0, 0.05) is 0 Å². The Balaban J connectivity index is 3.36. The minimum absolute atomic E-state index is 1.17. The average Bonchev–Trinajstić information content (AvgIpc) is 1.68. The molecule has 0 atom stereocenters. The molecule has 7 heavy (non-hydrogen) atoms. The number of hydrogen-bond acceptors (Lipinski definition) is 0. The third-order valence-corrected chi connectivity index (χ3v) is 22.4. The van der Waals surface area contributed by atoms with Crippen LogP contribution in [0.4, 0.5) is 0 Å². The Hall–Kier alpha value is 2.25. The van der Waals surface area contributed by atoms with Crippen molar-refractivity contribution >= 4 is 47.7 Å². The van der Waals surface area contributed by atoms with Gasteiger partial charge in [-0.05, 0) is 0 Å². The Morgan fingerprint density at radius 3 is 1.43 bits per heavy atom. The van der Waals surface area contributed by atoms with Crippen LogP contribution in [-0.2, 0) is 0 Å². The topological polar surface area (TPSA) is 0 Å². The second-order valence-electron chi connectivity index (χ2n) is 1.28. The second-order valence-corrected chi connectivity index (χ2v) is 42.5. The molecule has 0 heterocycles. The first-order valence-corrected chi connectivity index (χ1v) is 19.2. The number of rotatable bonds is 2. The molecule has 0 fully saturated rings. The van der Waals surface area contributed by atoms with Crippen molar-refractivity contribution in [1.82, 2.24) is 0 Å². The molecule has 0 spiro atoms. The van der Waals surface area contributed by atoms with Crippen LogP contribution in [0.2, 0.25) is 8.94 Å². The molecule has 0 amide bonds. The van der Waals surface area contributed by atoms with E-state index in [-0.39, 0.29) is 0 Å². The van der Waals surface area contributed by atoms with E-state index in [2.05, 4.69) is 51.2 Å². The molecule has 0 saturated heterocycles. The molecule has 0 aliphatic heterocycles. The Kier molecular flexibility index (Phi) is 5.45.